The number of carbonyl (C=O) groups is 3. The second kappa shape index (κ2) is 9.33. The topological polar surface area (TPSA) is 69.7 Å². The summed E-state index contributed by atoms with van der Waals surface area (Å²) in [5, 5.41) is 2.38. The van der Waals surface area contributed by atoms with Crippen LogP contribution in [0.15, 0.2) is 11.6 Å². The molecule has 0 aliphatic carbocycles. The molecule has 130 valence electrons. The van der Waals surface area contributed by atoms with E-state index in [9.17, 15) is 14.4 Å². The van der Waals surface area contributed by atoms with Crippen LogP contribution in [0.5, 0.6) is 0 Å². The van der Waals surface area contributed by atoms with Crippen molar-refractivity contribution in [1.29, 1.82) is 0 Å². The van der Waals surface area contributed by atoms with E-state index in [2.05, 4.69) is 5.32 Å². The first-order chi connectivity index (χ1) is 10.9. The van der Waals surface area contributed by atoms with Gasteiger partial charge in [0.15, 0.2) is 0 Å². The molecule has 0 aromatic heterocycles. The zero-order chi connectivity index (χ0) is 17.4. The molecular weight excluding hydrogens is 294 g/mol. The van der Waals surface area contributed by atoms with Crippen LogP contribution >= 0.6 is 0 Å². The molecule has 0 radical (unpaired) electrons. The van der Waals surface area contributed by atoms with Gasteiger partial charge in [0, 0.05) is 25.7 Å². The molecule has 0 spiro atoms. The molecule has 0 saturated carbocycles. The van der Waals surface area contributed by atoms with Gasteiger partial charge in [-0.25, -0.2) is 0 Å². The Morgan fingerprint density at radius 3 is 2.35 bits per heavy atom. The Hall–Kier alpha value is -1.85. The second-order valence-electron chi connectivity index (χ2n) is 6.44. The van der Waals surface area contributed by atoms with Gasteiger partial charge in [-0.05, 0) is 32.1 Å². The number of hydrogen-bond donors (Lipinski definition) is 1. The van der Waals surface area contributed by atoms with E-state index in [0.717, 1.165) is 25.9 Å². The molecule has 23 heavy (non-hydrogen) atoms. The number of rotatable bonds is 7. The van der Waals surface area contributed by atoms with Gasteiger partial charge >= 0.3 is 0 Å². The number of carbonyl (C=O) groups excluding carboxylic acids is 3. The number of nitrogens with one attached hydrogen (secondary N) is 1. The van der Waals surface area contributed by atoms with Crippen molar-refractivity contribution >= 4 is 18.2 Å². The van der Waals surface area contributed by atoms with Crippen LogP contribution in [0.3, 0.4) is 0 Å². The third-order valence-electron chi connectivity index (χ3n) is 4.26. The van der Waals surface area contributed by atoms with Crippen molar-refractivity contribution in [3.8, 4) is 0 Å². The molecule has 6 nitrogen and oxygen atoms in total. The third-order valence-corrected chi connectivity index (χ3v) is 4.26. The zero-order valence-corrected chi connectivity index (χ0v) is 14.7. The van der Waals surface area contributed by atoms with Crippen molar-refractivity contribution < 1.29 is 14.4 Å². The fourth-order valence-electron chi connectivity index (χ4n) is 2.85. The van der Waals surface area contributed by atoms with E-state index in [4.69, 9.17) is 0 Å². The lowest BCUT2D eigenvalue weighted by Gasteiger charge is -2.31. The summed E-state index contributed by atoms with van der Waals surface area (Å²) < 4.78 is 0. The molecule has 0 aromatic carbocycles. The highest BCUT2D eigenvalue weighted by molar-refractivity contribution is 5.93. The van der Waals surface area contributed by atoms with E-state index < -0.39 is 0 Å². The monoisotopic (exact) mass is 323 g/mol. The summed E-state index contributed by atoms with van der Waals surface area (Å²) in [6, 6.07) is -0.176. The predicted octanol–water partition coefficient (Wildman–Crippen LogP) is 1.17. The summed E-state index contributed by atoms with van der Waals surface area (Å²) in [6.07, 6.45) is 5.68. The molecule has 1 saturated heterocycles. The normalized spacial score (nSPS) is 16.9. The summed E-state index contributed by atoms with van der Waals surface area (Å²) in [4.78, 5) is 38.4. The Morgan fingerprint density at radius 2 is 1.83 bits per heavy atom. The van der Waals surface area contributed by atoms with Crippen molar-refractivity contribution in [3.05, 3.63) is 11.6 Å². The number of piperidine rings is 1. The number of likely N-dealkylation sites (tertiary alicyclic amines) is 1. The quantitative estimate of drug-likeness (QED) is 0.565. The van der Waals surface area contributed by atoms with E-state index in [1.54, 1.807) is 11.9 Å². The van der Waals surface area contributed by atoms with Gasteiger partial charge in [0.25, 0.3) is 0 Å². The van der Waals surface area contributed by atoms with Gasteiger partial charge in [-0.2, -0.15) is 0 Å². The maximum atomic E-state index is 12.5. The highest BCUT2D eigenvalue weighted by atomic mass is 16.2. The number of nitrogens with zero attached hydrogens (tertiary/aromatic N) is 2. The molecule has 0 bridgehead atoms. The Morgan fingerprint density at radius 1 is 1.22 bits per heavy atom. The third kappa shape index (κ3) is 5.69. The predicted molar refractivity (Wildman–Crippen MR) is 89.7 cm³/mol. The van der Waals surface area contributed by atoms with Gasteiger partial charge in [0.05, 0.1) is 12.6 Å². The summed E-state index contributed by atoms with van der Waals surface area (Å²) in [5.74, 6) is 0.0526. The molecule has 1 aliphatic heterocycles. The lowest BCUT2D eigenvalue weighted by molar-refractivity contribution is -0.132. The van der Waals surface area contributed by atoms with E-state index in [0.29, 0.717) is 12.0 Å². The standard InChI is InChI=1S/C17H29N3O3/c1-13(2)15(19(4)16(22)11-18-12-21)10-14(3)17(23)20-8-6-5-7-9-20/h10,12-13,15H,5-9,11H2,1-4H3,(H,18,21)/t15-/m1/s1. The van der Waals surface area contributed by atoms with Gasteiger partial charge < -0.3 is 15.1 Å². The summed E-state index contributed by atoms with van der Waals surface area (Å²) in [5.41, 5.74) is 0.675. The first-order valence-corrected chi connectivity index (χ1v) is 8.28. The first kappa shape index (κ1) is 19.2. The number of likely N-dealkylation sites (N-methyl/N-ethyl adjacent to an activating group) is 1. The van der Waals surface area contributed by atoms with Crippen molar-refractivity contribution in [3.63, 3.8) is 0 Å². The van der Waals surface area contributed by atoms with E-state index in [1.807, 2.05) is 31.7 Å². The highest BCUT2D eigenvalue weighted by Gasteiger charge is 2.24. The van der Waals surface area contributed by atoms with E-state index in [1.165, 1.54) is 6.42 Å². The molecule has 3 amide bonds. The van der Waals surface area contributed by atoms with Crippen molar-refractivity contribution in [2.75, 3.05) is 26.7 Å². The summed E-state index contributed by atoms with van der Waals surface area (Å²) in [6.45, 7) is 7.43. The summed E-state index contributed by atoms with van der Waals surface area (Å²) >= 11 is 0. The zero-order valence-electron chi connectivity index (χ0n) is 14.7. The second-order valence-corrected chi connectivity index (χ2v) is 6.44. The number of amides is 3. The molecule has 1 aliphatic rings. The van der Waals surface area contributed by atoms with Crippen LogP contribution in [0, 0.1) is 5.92 Å². The highest BCUT2D eigenvalue weighted by Crippen LogP contribution is 2.16. The molecular formula is C17H29N3O3. The largest absolute Gasteiger partial charge is 0.350 e. The van der Waals surface area contributed by atoms with Crippen molar-refractivity contribution in [2.24, 2.45) is 5.92 Å². The Labute approximate surface area is 138 Å². The van der Waals surface area contributed by atoms with E-state index >= 15 is 0 Å². The van der Waals surface area contributed by atoms with Crippen LogP contribution in [-0.4, -0.2) is 60.7 Å². The molecule has 1 atom stereocenters. The minimum atomic E-state index is -0.176. The molecule has 1 rings (SSSR count). The average Bonchev–Trinajstić information content (AvgIpc) is 2.56. The van der Waals surface area contributed by atoms with Crippen LogP contribution in [0.4, 0.5) is 0 Å². The van der Waals surface area contributed by atoms with Crippen LogP contribution in [0.2, 0.25) is 0 Å². The van der Waals surface area contributed by atoms with Crippen LogP contribution in [-0.2, 0) is 14.4 Å². The lowest BCUT2D eigenvalue weighted by atomic mass is 9.99. The fraction of sp³-hybridized carbons (Fsp3) is 0.706. The maximum absolute atomic E-state index is 12.5. The minimum absolute atomic E-state index is 0.0316. The molecule has 1 heterocycles. The van der Waals surface area contributed by atoms with Crippen molar-refractivity contribution in [1.82, 2.24) is 15.1 Å². The number of hydrogen-bond acceptors (Lipinski definition) is 3. The molecule has 0 unspecified atom stereocenters. The van der Waals surface area contributed by atoms with Gasteiger partial charge in [0.1, 0.15) is 0 Å². The fourth-order valence-corrected chi connectivity index (χ4v) is 2.85. The van der Waals surface area contributed by atoms with Gasteiger partial charge in [-0.3, -0.25) is 14.4 Å². The Kier molecular flexibility index (Phi) is 7.78. The smallest absolute Gasteiger partial charge is 0.249 e. The van der Waals surface area contributed by atoms with Gasteiger partial charge in [-0.15, -0.1) is 0 Å². The van der Waals surface area contributed by atoms with E-state index in [-0.39, 0.29) is 30.3 Å². The average molecular weight is 323 g/mol. The Bertz CT molecular complexity index is 454. The van der Waals surface area contributed by atoms with Crippen LogP contribution in [0.1, 0.15) is 40.0 Å². The van der Waals surface area contributed by atoms with Crippen LogP contribution in [0.25, 0.3) is 0 Å². The minimum Gasteiger partial charge on any atom is -0.350 e. The maximum Gasteiger partial charge on any atom is 0.249 e. The van der Waals surface area contributed by atoms with Gasteiger partial charge in [-0.1, -0.05) is 19.9 Å². The SMILES string of the molecule is CC(=C[C@H](C(C)C)N(C)C(=O)CNC=O)C(=O)N1CCCCC1. The molecule has 6 heteroatoms. The first-order valence-electron chi connectivity index (χ1n) is 8.28. The Balaban J connectivity index is 2.81. The molecule has 1 fully saturated rings. The molecule has 1 N–H and O–H groups in total. The summed E-state index contributed by atoms with van der Waals surface area (Å²) in [7, 11) is 1.70. The molecule has 0 aromatic rings. The lowest BCUT2D eigenvalue weighted by Crippen LogP contribution is -2.44. The van der Waals surface area contributed by atoms with Crippen LogP contribution < -0.4 is 5.32 Å². The van der Waals surface area contributed by atoms with Gasteiger partial charge in [0.2, 0.25) is 18.2 Å². The van der Waals surface area contributed by atoms with Crippen molar-refractivity contribution in [2.45, 2.75) is 46.1 Å².